The van der Waals surface area contributed by atoms with Gasteiger partial charge in [-0.15, -0.1) is 0 Å². The van der Waals surface area contributed by atoms with E-state index in [9.17, 15) is 4.39 Å². The Hall–Kier alpha value is -0.310. The second-order valence-electron chi connectivity index (χ2n) is 5.81. The molecule has 4 heteroatoms. The van der Waals surface area contributed by atoms with Gasteiger partial charge in [0.05, 0.1) is 5.02 Å². The molecule has 3 unspecified atom stereocenters. The van der Waals surface area contributed by atoms with E-state index in [2.05, 4.69) is 12.2 Å². The summed E-state index contributed by atoms with van der Waals surface area (Å²) in [5.74, 6) is 0.403. The summed E-state index contributed by atoms with van der Waals surface area (Å²) in [4.78, 5) is 0. The van der Waals surface area contributed by atoms with E-state index in [1.807, 2.05) is 6.92 Å². The van der Waals surface area contributed by atoms with Gasteiger partial charge in [0.1, 0.15) is 5.82 Å². The highest BCUT2D eigenvalue weighted by molar-refractivity contribution is 6.35. The molecule has 0 spiro atoms. The Bertz CT molecular complexity index is 464. The summed E-state index contributed by atoms with van der Waals surface area (Å²) in [7, 11) is 0. The predicted octanol–water partition coefficient (Wildman–Crippen LogP) is 5.75. The number of hydrogen-bond donors (Lipinski definition) is 1. The van der Waals surface area contributed by atoms with Crippen molar-refractivity contribution in [3.8, 4) is 0 Å². The normalized spacial score (nSPS) is 24.6. The Kier molecular flexibility index (Phi) is 5.71. The summed E-state index contributed by atoms with van der Waals surface area (Å²) in [6, 6.07) is 3.47. The van der Waals surface area contributed by atoms with Gasteiger partial charge in [-0.05, 0) is 43.4 Å². The van der Waals surface area contributed by atoms with Crippen LogP contribution in [0.25, 0.3) is 0 Å². The van der Waals surface area contributed by atoms with Gasteiger partial charge >= 0.3 is 0 Å². The summed E-state index contributed by atoms with van der Waals surface area (Å²) in [5.41, 5.74) is 0.784. The Labute approximate surface area is 130 Å². The van der Waals surface area contributed by atoms with Crippen LogP contribution in [0.2, 0.25) is 10.0 Å². The number of benzene rings is 1. The van der Waals surface area contributed by atoms with Gasteiger partial charge in [-0.3, -0.25) is 0 Å². The summed E-state index contributed by atoms with van der Waals surface area (Å²) < 4.78 is 13.6. The van der Waals surface area contributed by atoms with E-state index in [0.717, 1.165) is 11.5 Å². The molecule has 20 heavy (non-hydrogen) atoms. The lowest BCUT2D eigenvalue weighted by Gasteiger charge is -2.31. The standard InChI is InChI=1S/C16H22Cl2FN/c1-3-11-5-4-6-12(7-11)20-10(2)13-8-16(19)15(18)9-14(13)17/h8-12,20H,3-7H2,1-2H3. The van der Waals surface area contributed by atoms with Crippen LogP contribution >= 0.6 is 23.2 Å². The molecule has 0 amide bonds. The van der Waals surface area contributed by atoms with Crippen molar-refractivity contribution in [1.29, 1.82) is 0 Å². The van der Waals surface area contributed by atoms with Crippen molar-refractivity contribution in [2.24, 2.45) is 5.92 Å². The molecule has 0 aliphatic heterocycles. The van der Waals surface area contributed by atoms with Crippen LogP contribution in [0.15, 0.2) is 12.1 Å². The first-order valence-corrected chi connectivity index (χ1v) is 8.17. The summed E-state index contributed by atoms with van der Waals surface area (Å²) >= 11 is 11.9. The molecule has 0 heterocycles. The van der Waals surface area contributed by atoms with Crippen LogP contribution in [0.5, 0.6) is 0 Å². The van der Waals surface area contributed by atoms with Crippen LogP contribution in [-0.2, 0) is 0 Å². The van der Waals surface area contributed by atoms with Gasteiger partial charge in [-0.2, -0.15) is 0 Å². The zero-order valence-electron chi connectivity index (χ0n) is 12.1. The fraction of sp³-hybridized carbons (Fsp3) is 0.625. The van der Waals surface area contributed by atoms with Crippen molar-refractivity contribution in [2.45, 2.75) is 58.0 Å². The van der Waals surface area contributed by atoms with Crippen LogP contribution in [0.1, 0.15) is 57.6 Å². The molecular formula is C16H22Cl2FN. The van der Waals surface area contributed by atoms with E-state index in [4.69, 9.17) is 23.2 Å². The maximum Gasteiger partial charge on any atom is 0.142 e. The van der Waals surface area contributed by atoms with Crippen molar-refractivity contribution in [3.05, 3.63) is 33.6 Å². The SMILES string of the molecule is CCC1CCCC(NC(C)c2cc(F)c(Cl)cc2Cl)C1. The number of hydrogen-bond acceptors (Lipinski definition) is 1. The first-order valence-electron chi connectivity index (χ1n) is 7.41. The minimum Gasteiger partial charge on any atom is -0.307 e. The van der Waals surface area contributed by atoms with E-state index < -0.39 is 5.82 Å². The van der Waals surface area contributed by atoms with Crippen molar-refractivity contribution < 1.29 is 4.39 Å². The van der Waals surface area contributed by atoms with Crippen LogP contribution in [0.3, 0.4) is 0 Å². The molecular weight excluding hydrogens is 296 g/mol. The molecule has 2 rings (SSSR count). The Morgan fingerprint density at radius 2 is 2.05 bits per heavy atom. The van der Waals surface area contributed by atoms with Gasteiger partial charge in [0.15, 0.2) is 0 Å². The lowest BCUT2D eigenvalue weighted by molar-refractivity contribution is 0.266. The smallest absolute Gasteiger partial charge is 0.142 e. The molecule has 112 valence electrons. The van der Waals surface area contributed by atoms with Crippen molar-refractivity contribution in [2.75, 3.05) is 0 Å². The van der Waals surface area contributed by atoms with E-state index in [-0.39, 0.29) is 11.1 Å². The van der Waals surface area contributed by atoms with Crippen molar-refractivity contribution in [3.63, 3.8) is 0 Å². The molecule has 1 N–H and O–H groups in total. The zero-order chi connectivity index (χ0) is 14.7. The molecule has 3 atom stereocenters. The second kappa shape index (κ2) is 7.11. The highest BCUT2D eigenvalue weighted by Crippen LogP contribution is 2.31. The molecule has 0 saturated heterocycles. The number of nitrogens with one attached hydrogen (secondary N) is 1. The fourth-order valence-corrected chi connectivity index (χ4v) is 3.67. The lowest BCUT2D eigenvalue weighted by Crippen LogP contribution is -2.35. The van der Waals surface area contributed by atoms with Gasteiger partial charge in [-0.25, -0.2) is 4.39 Å². The molecule has 1 aromatic carbocycles. The largest absolute Gasteiger partial charge is 0.307 e. The lowest BCUT2D eigenvalue weighted by atomic mass is 9.84. The molecule has 1 aromatic rings. The first kappa shape index (κ1) is 16.1. The molecule has 1 saturated carbocycles. The second-order valence-corrected chi connectivity index (χ2v) is 6.63. The Morgan fingerprint density at radius 3 is 2.75 bits per heavy atom. The van der Waals surface area contributed by atoms with Crippen LogP contribution < -0.4 is 5.32 Å². The van der Waals surface area contributed by atoms with Crippen LogP contribution in [0, 0.1) is 11.7 Å². The third kappa shape index (κ3) is 3.87. The van der Waals surface area contributed by atoms with Gasteiger partial charge in [0.2, 0.25) is 0 Å². The Balaban J connectivity index is 2.04. The predicted molar refractivity (Wildman–Crippen MR) is 84.0 cm³/mol. The van der Waals surface area contributed by atoms with E-state index in [1.54, 1.807) is 0 Å². The average Bonchev–Trinajstić information content (AvgIpc) is 2.43. The van der Waals surface area contributed by atoms with Gasteiger partial charge in [-0.1, -0.05) is 49.4 Å². The van der Waals surface area contributed by atoms with Gasteiger partial charge < -0.3 is 5.32 Å². The van der Waals surface area contributed by atoms with Crippen LogP contribution in [-0.4, -0.2) is 6.04 Å². The van der Waals surface area contributed by atoms with Crippen LogP contribution in [0.4, 0.5) is 4.39 Å². The highest BCUT2D eigenvalue weighted by Gasteiger charge is 2.23. The molecule has 1 fully saturated rings. The summed E-state index contributed by atoms with van der Waals surface area (Å²) in [5, 5.41) is 4.20. The maximum absolute atomic E-state index is 13.6. The van der Waals surface area contributed by atoms with Gasteiger partial charge in [0, 0.05) is 17.1 Å². The average molecular weight is 318 g/mol. The molecule has 1 aliphatic rings. The summed E-state index contributed by atoms with van der Waals surface area (Å²) in [6.07, 6.45) is 6.23. The molecule has 1 aliphatic carbocycles. The zero-order valence-corrected chi connectivity index (χ0v) is 13.6. The monoisotopic (exact) mass is 317 g/mol. The summed E-state index contributed by atoms with van der Waals surface area (Å²) in [6.45, 7) is 4.28. The molecule has 0 bridgehead atoms. The third-order valence-corrected chi connectivity index (χ3v) is 4.97. The highest BCUT2D eigenvalue weighted by atomic mass is 35.5. The first-order chi connectivity index (χ1) is 9.51. The van der Waals surface area contributed by atoms with E-state index in [1.165, 1.54) is 44.2 Å². The number of rotatable bonds is 4. The molecule has 0 radical (unpaired) electrons. The van der Waals surface area contributed by atoms with Crippen molar-refractivity contribution >= 4 is 23.2 Å². The topological polar surface area (TPSA) is 12.0 Å². The fourth-order valence-electron chi connectivity index (χ4n) is 3.13. The van der Waals surface area contributed by atoms with Crippen molar-refractivity contribution in [1.82, 2.24) is 5.32 Å². The van der Waals surface area contributed by atoms with E-state index in [0.29, 0.717) is 11.1 Å². The van der Waals surface area contributed by atoms with E-state index >= 15 is 0 Å². The minimum absolute atomic E-state index is 0.0369. The molecule has 1 nitrogen and oxygen atoms in total. The van der Waals surface area contributed by atoms with Gasteiger partial charge in [0.25, 0.3) is 0 Å². The minimum atomic E-state index is -0.408. The Morgan fingerprint density at radius 1 is 1.30 bits per heavy atom. The molecule has 0 aromatic heterocycles. The number of halogens is 3. The third-order valence-electron chi connectivity index (χ3n) is 4.35. The quantitative estimate of drug-likeness (QED) is 0.697. The maximum atomic E-state index is 13.6.